The fourth-order valence-electron chi connectivity index (χ4n) is 1.32. The molecule has 1 aliphatic heterocycles. The number of fused-ring (bicyclic) bond motifs is 1. The van der Waals surface area contributed by atoms with Crippen LogP contribution in [0.15, 0.2) is 6.07 Å². The number of nitrogen functional groups attached to an aromatic ring is 1. The van der Waals surface area contributed by atoms with Gasteiger partial charge in [-0.05, 0) is 6.07 Å². The Morgan fingerprint density at radius 2 is 2.33 bits per heavy atom. The molecule has 0 bridgehead atoms. The van der Waals surface area contributed by atoms with Crippen LogP contribution in [0, 0.1) is 5.82 Å². The molecule has 2 rings (SSSR count). The molecule has 0 unspecified atom stereocenters. The summed E-state index contributed by atoms with van der Waals surface area (Å²) in [7, 11) is 0. The van der Waals surface area contributed by atoms with Crippen LogP contribution in [0.5, 0.6) is 5.75 Å². The summed E-state index contributed by atoms with van der Waals surface area (Å²) in [5.74, 6) is 0.0693. The van der Waals surface area contributed by atoms with Crippen molar-refractivity contribution >= 4 is 17.3 Å². The monoisotopic (exact) mass is 187 g/mol. The molecule has 1 heterocycles. The molecule has 0 fully saturated rings. The maximum Gasteiger partial charge on any atom is 0.148 e. The number of hydrogen-bond donors (Lipinski definition) is 1. The van der Waals surface area contributed by atoms with E-state index in [1.807, 2.05) is 0 Å². The third-order valence-corrected chi connectivity index (χ3v) is 2.21. The lowest BCUT2D eigenvalue weighted by atomic mass is 10.1. The van der Waals surface area contributed by atoms with Crippen molar-refractivity contribution < 1.29 is 9.13 Å². The fourth-order valence-corrected chi connectivity index (χ4v) is 1.59. The Labute approximate surface area is 74.1 Å². The van der Waals surface area contributed by atoms with E-state index in [4.69, 9.17) is 22.1 Å². The van der Waals surface area contributed by atoms with Crippen LogP contribution in [0.25, 0.3) is 0 Å². The lowest BCUT2D eigenvalue weighted by molar-refractivity contribution is 0.357. The third kappa shape index (κ3) is 0.932. The molecule has 4 heteroatoms. The van der Waals surface area contributed by atoms with Gasteiger partial charge in [-0.15, -0.1) is 0 Å². The van der Waals surface area contributed by atoms with Crippen molar-refractivity contribution in [1.82, 2.24) is 0 Å². The van der Waals surface area contributed by atoms with Gasteiger partial charge in [0, 0.05) is 12.0 Å². The van der Waals surface area contributed by atoms with Crippen molar-refractivity contribution in [2.45, 2.75) is 6.42 Å². The van der Waals surface area contributed by atoms with E-state index in [2.05, 4.69) is 0 Å². The number of halogens is 2. The van der Waals surface area contributed by atoms with Gasteiger partial charge in [-0.3, -0.25) is 0 Å². The standard InChI is InChI=1S/C8H7ClFNO/c9-5-3-6(10)7(11)4-1-2-12-8(4)5/h3H,1-2,11H2. The molecule has 64 valence electrons. The molecule has 2 N–H and O–H groups in total. The summed E-state index contributed by atoms with van der Waals surface area (Å²) in [4.78, 5) is 0. The van der Waals surface area contributed by atoms with Gasteiger partial charge in [0.05, 0.1) is 17.3 Å². The predicted molar refractivity (Wildman–Crippen MR) is 45.0 cm³/mol. The van der Waals surface area contributed by atoms with Crippen LogP contribution < -0.4 is 10.5 Å². The Balaban J connectivity index is 2.69. The first kappa shape index (κ1) is 7.68. The molecule has 12 heavy (non-hydrogen) atoms. The van der Waals surface area contributed by atoms with Crippen molar-refractivity contribution in [3.05, 3.63) is 22.5 Å². The average Bonchev–Trinajstić information content (AvgIpc) is 2.48. The summed E-state index contributed by atoms with van der Waals surface area (Å²) in [5, 5.41) is 0.300. The van der Waals surface area contributed by atoms with Gasteiger partial charge >= 0.3 is 0 Å². The zero-order chi connectivity index (χ0) is 8.72. The first-order valence-electron chi connectivity index (χ1n) is 3.59. The predicted octanol–water partition coefficient (Wildman–Crippen LogP) is 2.00. The largest absolute Gasteiger partial charge is 0.491 e. The van der Waals surface area contributed by atoms with Crippen LogP contribution >= 0.6 is 11.6 Å². The van der Waals surface area contributed by atoms with E-state index in [9.17, 15) is 4.39 Å². The Hall–Kier alpha value is -0.960. The maximum absolute atomic E-state index is 13.0. The molecular weight excluding hydrogens is 181 g/mol. The minimum Gasteiger partial charge on any atom is -0.491 e. The highest BCUT2D eigenvalue weighted by atomic mass is 35.5. The Morgan fingerprint density at radius 1 is 1.58 bits per heavy atom. The highest BCUT2D eigenvalue weighted by Gasteiger charge is 2.21. The van der Waals surface area contributed by atoms with Crippen LogP contribution in [0.1, 0.15) is 5.56 Å². The van der Waals surface area contributed by atoms with Gasteiger partial charge < -0.3 is 10.5 Å². The average molecular weight is 188 g/mol. The normalized spacial score (nSPS) is 14.2. The van der Waals surface area contributed by atoms with E-state index in [0.29, 0.717) is 29.4 Å². The molecule has 0 amide bonds. The number of benzene rings is 1. The Morgan fingerprint density at radius 3 is 3.08 bits per heavy atom. The maximum atomic E-state index is 13.0. The number of hydrogen-bond acceptors (Lipinski definition) is 2. The molecular formula is C8H7ClFNO. The molecule has 0 aliphatic carbocycles. The van der Waals surface area contributed by atoms with Crippen LogP contribution in [-0.4, -0.2) is 6.61 Å². The minimum absolute atomic E-state index is 0.159. The van der Waals surface area contributed by atoms with E-state index in [1.54, 1.807) is 0 Å². The van der Waals surface area contributed by atoms with Crippen molar-refractivity contribution in [1.29, 1.82) is 0 Å². The van der Waals surface area contributed by atoms with Gasteiger partial charge in [0.25, 0.3) is 0 Å². The zero-order valence-electron chi connectivity index (χ0n) is 6.23. The molecule has 0 saturated carbocycles. The first-order chi connectivity index (χ1) is 5.70. The van der Waals surface area contributed by atoms with E-state index in [1.165, 1.54) is 6.07 Å². The second-order valence-electron chi connectivity index (χ2n) is 2.66. The number of ether oxygens (including phenoxy) is 1. The van der Waals surface area contributed by atoms with E-state index in [0.717, 1.165) is 0 Å². The van der Waals surface area contributed by atoms with E-state index >= 15 is 0 Å². The lowest BCUT2D eigenvalue weighted by Crippen LogP contribution is -1.95. The van der Waals surface area contributed by atoms with Gasteiger partial charge in [-0.1, -0.05) is 11.6 Å². The SMILES string of the molecule is Nc1c(F)cc(Cl)c2c1CCO2. The minimum atomic E-state index is -0.468. The molecule has 2 nitrogen and oxygen atoms in total. The molecule has 1 aromatic rings. The van der Waals surface area contributed by atoms with Crippen molar-refractivity contribution in [3.63, 3.8) is 0 Å². The number of nitrogens with two attached hydrogens (primary N) is 1. The highest BCUT2D eigenvalue weighted by molar-refractivity contribution is 6.32. The summed E-state index contributed by atoms with van der Waals surface area (Å²) < 4.78 is 18.2. The topological polar surface area (TPSA) is 35.2 Å². The van der Waals surface area contributed by atoms with Crippen LogP contribution in [-0.2, 0) is 6.42 Å². The molecule has 0 atom stereocenters. The van der Waals surface area contributed by atoms with E-state index in [-0.39, 0.29) is 5.69 Å². The second kappa shape index (κ2) is 2.52. The van der Waals surface area contributed by atoms with Gasteiger partial charge in [-0.25, -0.2) is 4.39 Å². The van der Waals surface area contributed by atoms with Gasteiger partial charge in [0.2, 0.25) is 0 Å². The van der Waals surface area contributed by atoms with Gasteiger partial charge in [-0.2, -0.15) is 0 Å². The molecule has 1 aliphatic rings. The van der Waals surface area contributed by atoms with Crippen molar-refractivity contribution in [2.75, 3.05) is 12.3 Å². The van der Waals surface area contributed by atoms with Crippen molar-refractivity contribution in [2.24, 2.45) is 0 Å². The molecule has 1 aromatic carbocycles. The van der Waals surface area contributed by atoms with Crippen LogP contribution in [0.2, 0.25) is 5.02 Å². The molecule has 0 radical (unpaired) electrons. The van der Waals surface area contributed by atoms with Crippen LogP contribution in [0.3, 0.4) is 0 Å². The highest BCUT2D eigenvalue weighted by Crippen LogP contribution is 2.38. The molecule has 0 spiro atoms. The first-order valence-corrected chi connectivity index (χ1v) is 3.97. The Kier molecular flexibility index (Phi) is 1.61. The lowest BCUT2D eigenvalue weighted by Gasteiger charge is -2.05. The zero-order valence-corrected chi connectivity index (χ0v) is 6.99. The molecule has 0 saturated heterocycles. The number of anilines is 1. The van der Waals surface area contributed by atoms with E-state index < -0.39 is 5.82 Å². The fraction of sp³-hybridized carbons (Fsp3) is 0.250. The Bertz CT molecular complexity index is 340. The summed E-state index contributed by atoms with van der Waals surface area (Å²) in [6.45, 7) is 0.530. The van der Waals surface area contributed by atoms with Gasteiger partial charge in [0.15, 0.2) is 0 Å². The summed E-state index contributed by atoms with van der Waals surface area (Å²) >= 11 is 5.73. The van der Waals surface area contributed by atoms with Crippen molar-refractivity contribution in [3.8, 4) is 5.75 Å². The second-order valence-corrected chi connectivity index (χ2v) is 3.07. The summed E-state index contributed by atoms with van der Waals surface area (Å²) in [5.41, 5.74) is 6.34. The third-order valence-electron chi connectivity index (χ3n) is 1.93. The molecule has 0 aromatic heterocycles. The van der Waals surface area contributed by atoms with Gasteiger partial charge in [0.1, 0.15) is 11.6 Å². The summed E-state index contributed by atoms with van der Waals surface area (Å²) in [6.07, 6.45) is 0.638. The van der Waals surface area contributed by atoms with Crippen LogP contribution in [0.4, 0.5) is 10.1 Å². The summed E-state index contributed by atoms with van der Waals surface area (Å²) in [6, 6.07) is 1.18. The number of rotatable bonds is 0. The smallest absolute Gasteiger partial charge is 0.148 e. The quantitative estimate of drug-likeness (QED) is 0.631.